The van der Waals surface area contributed by atoms with Crippen molar-refractivity contribution in [3.63, 3.8) is 0 Å². The minimum atomic E-state index is -0.193. The molecule has 7 nitrogen and oxygen atoms in total. The number of carbonyl (C=O) groups is 1. The molecule has 7 heteroatoms. The van der Waals surface area contributed by atoms with Crippen LogP contribution in [0.25, 0.3) is 0 Å². The molecule has 0 saturated carbocycles. The first-order valence-electron chi connectivity index (χ1n) is 9.71. The Morgan fingerprint density at radius 3 is 2.54 bits per heavy atom. The van der Waals surface area contributed by atoms with E-state index in [2.05, 4.69) is 58.4 Å². The number of carbonyl (C=O) groups excluding carboxylic acids is 1. The Morgan fingerprint density at radius 1 is 1.14 bits per heavy atom. The van der Waals surface area contributed by atoms with E-state index in [1.165, 1.54) is 5.56 Å². The molecular formula is C21H29N5O2. The van der Waals surface area contributed by atoms with E-state index in [1.807, 2.05) is 12.1 Å². The number of hydrogen-bond donors (Lipinski definition) is 2. The van der Waals surface area contributed by atoms with E-state index in [-0.39, 0.29) is 11.3 Å². The Balaban J connectivity index is 1.54. The van der Waals surface area contributed by atoms with Crippen molar-refractivity contribution < 1.29 is 9.53 Å². The molecule has 0 atom stereocenters. The molecule has 0 bridgehead atoms. The number of morpholine rings is 1. The highest BCUT2D eigenvalue weighted by atomic mass is 16.5. The maximum atomic E-state index is 12.4. The summed E-state index contributed by atoms with van der Waals surface area (Å²) in [5, 5.41) is 6.08. The molecule has 1 aliphatic rings. The van der Waals surface area contributed by atoms with Crippen molar-refractivity contribution in [3.05, 3.63) is 47.8 Å². The molecule has 0 radical (unpaired) electrons. The predicted octanol–water partition coefficient (Wildman–Crippen LogP) is 2.58. The Kier molecular flexibility index (Phi) is 6.59. The van der Waals surface area contributed by atoms with Gasteiger partial charge >= 0.3 is 0 Å². The van der Waals surface area contributed by atoms with Gasteiger partial charge in [0.25, 0.3) is 5.91 Å². The van der Waals surface area contributed by atoms with E-state index in [4.69, 9.17) is 4.74 Å². The minimum Gasteiger partial charge on any atom is -0.379 e. The monoisotopic (exact) mass is 383 g/mol. The third-order valence-electron chi connectivity index (χ3n) is 4.71. The lowest BCUT2D eigenvalue weighted by Crippen LogP contribution is -2.41. The minimum absolute atomic E-state index is 0.105. The quantitative estimate of drug-likeness (QED) is 0.798. The number of amides is 1. The standard InChI is InChI=1S/C21H29N5O2/c1-21(2,3)16-4-6-17(7-5-16)24-20-23-9-8-18(25-20)19(27)22-10-11-26-12-14-28-15-13-26/h4-9H,10-15H2,1-3H3,(H,22,27)(H,23,24,25). The summed E-state index contributed by atoms with van der Waals surface area (Å²) < 4.78 is 5.33. The zero-order valence-corrected chi connectivity index (χ0v) is 16.9. The zero-order valence-electron chi connectivity index (χ0n) is 16.9. The van der Waals surface area contributed by atoms with Crippen LogP contribution >= 0.6 is 0 Å². The van der Waals surface area contributed by atoms with E-state index in [1.54, 1.807) is 12.3 Å². The Bertz CT molecular complexity index is 780. The van der Waals surface area contributed by atoms with Crippen molar-refractivity contribution in [2.24, 2.45) is 0 Å². The maximum absolute atomic E-state index is 12.4. The lowest BCUT2D eigenvalue weighted by molar-refractivity contribution is 0.0383. The van der Waals surface area contributed by atoms with Crippen LogP contribution < -0.4 is 10.6 Å². The average Bonchev–Trinajstić information content (AvgIpc) is 2.69. The lowest BCUT2D eigenvalue weighted by atomic mass is 9.87. The van der Waals surface area contributed by atoms with Gasteiger partial charge in [-0.05, 0) is 29.2 Å². The number of ether oxygens (including phenoxy) is 1. The van der Waals surface area contributed by atoms with Crippen molar-refractivity contribution in [1.82, 2.24) is 20.2 Å². The number of anilines is 2. The average molecular weight is 383 g/mol. The second-order valence-electron chi connectivity index (χ2n) is 7.93. The molecule has 28 heavy (non-hydrogen) atoms. The normalized spacial score (nSPS) is 15.2. The molecule has 150 valence electrons. The van der Waals surface area contributed by atoms with Crippen LogP contribution in [-0.2, 0) is 10.2 Å². The van der Waals surface area contributed by atoms with Gasteiger partial charge in [-0.1, -0.05) is 32.9 Å². The Hall–Kier alpha value is -2.51. The van der Waals surface area contributed by atoms with Gasteiger partial charge < -0.3 is 15.4 Å². The predicted molar refractivity (Wildman–Crippen MR) is 110 cm³/mol. The smallest absolute Gasteiger partial charge is 0.270 e. The second kappa shape index (κ2) is 9.12. The van der Waals surface area contributed by atoms with Gasteiger partial charge in [-0.15, -0.1) is 0 Å². The summed E-state index contributed by atoms with van der Waals surface area (Å²) in [6.07, 6.45) is 1.59. The van der Waals surface area contributed by atoms with Gasteiger partial charge in [0.2, 0.25) is 5.95 Å². The molecule has 0 unspecified atom stereocenters. The SMILES string of the molecule is CC(C)(C)c1ccc(Nc2nccc(C(=O)NCCN3CCOCC3)n2)cc1. The Labute approximate surface area is 166 Å². The summed E-state index contributed by atoms with van der Waals surface area (Å²) in [4.78, 5) is 23.2. The molecule has 2 aromatic rings. The van der Waals surface area contributed by atoms with Crippen LogP contribution in [0, 0.1) is 0 Å². The van der Waals surface area contributed by atoms with Gasteiger partial charge in [0.05, 0.1) is 13.2 Å². The summed E-state index contributed by atoms with van der Waals surface area (Å²) >= 11 is 0. The molecule has 1 aliphatic heterocycles. The molecule has 1 amide bonds. The number of nitrogens with one attached hydrogen (secondary N) is 2. The number of aromatic nitrogens is 2. The first kappa shape index (κ1) is 20.2. The van der Waals surface area contributed by atoms with Gasteiger partial charge in [0.15, 0.2) is 0 Å². The molecule has 1 aromatic heterocycles. The molecule has 2 heterocycles. The topological polar surface area (TPSA) is 79.4 Å². The van der Waals surface area contributed by atoms with Crippen LogP contribution in [0.4, 0.5) is 11.6 Å². The van der Waals surface area contributed by atoms with Crippen LogP contribution in [0.15, 0.2) is 36.5 Å². The summed E-state index contributed by atoms with van der Waals surface area (Å²) in [7, 11) is 0. The summed E-state index contributed by atoms with van der Waals surface area (Å²) in [6, 6.07) is 9.80. The van der Waals surface area contributed by atoms with Crippen molar-refractivity contribution in [3.8, 4) is 0 Å². The Morgan fingerprint density at radius 2 is 1.86 bits per heavy atom. The number of rotatable bonds is 6. The third-order valence-corrected chi connectivity index (χ3v) is 4.71. The van der Waals surface area contributed by atoms with E-state index in [9.17, 15) is 4.79 Å². The molecule has 1 aromatic carbocycles. The highest BCUT2D eigenvalue weighted by Gasteiger charge is 2.14. The van der Waals surface area contributed by atoms with Crippen LogP contribution in [-0.4, -0.2) is 60.2 Å². The van der Waals surface area contributed by atoms with Gasteiger partial charge in [0.1, 0.15) is 5.69 Å². The van der Waals surface area contributed by atoms with Crippen molar-refractivity contribution in [2.45, 2.75) is 26.2 Å². The lowest BCUT2D eigenvalue weighted by Gasteiger charge is -2.26. The summed E-state index contributed by atoms with van der Waals surface area (Å²) in [5.74, 6) is 0.214. The maximum Gasteiger partial charge on any atom is 0.270 e. The highest BCUT2D eigenvalue weighted by Crippen LogP contribution is 2.24. The molecule has 0 aliphatic carbocycles. The van der Waals surface area contributed by atoms with Gasteiger partial charge in [-0.2, -0.15) is 0 Å². The second-order valence-corrected chi connectivity index (χ2v) is 7.93. The van der Waals surface area contributed by atoms with Crippen LogP contribution in [0.5, 0.6) is 0 Å². The molecule has 1 fully saturated rings. The highest BCUT2D eigenvalue weighted by molar-refractivity contribution is 5.92. The summed E-state index contributed by atoms with van der Waals surface area (Å²) in [6.45, 7) is 11.3. The van der Waals surface area contributed by atoms with E-state index < -0.39 is 0 Å². The summed E-state index contributed by atoms with van der Waals surface area (Å²) in [5.41, 5.74) is 2.60. The molecule has 0 spiro atoms. The fourth-order valence-corrected chi connectivity index (χ4v) is 2.97. The molecule has 2 N–H and O–H groups in total. The largest absolute Gasteiger partial charge is 0.379 e. The van der Waals surface area contributed by atoms with E-state index >= 15 is 0 Å². The molecule has 3 rings (SSSR count). The zero-order chi connectivity index (χ0) is 20.0. The molecular weight excluding hydrogens is 354 g/mol. The molecule has 1 saturated heterocycles. The first-order chi connectivity index (χ1) is 13.4. The van der Waals surface area contributed by atoms with E-state index in [0.717, 1.165) is 38.5 Å². The van der Waals surface area contributed by atoms with Gasteiger partial charge in [-0.25, -0.2) is 9.97 Å². The van der Waals surface area contributed by atoms with Crippen molar-refractivity contribution in [1.29, 1.82) is 0 Å². The van der Waals surface area contributed by atoms with E-state index in [0.29, 0.717) is 18.2 Å². The van der Waals surface area contributed by atoms with Crippen LogP contribution in [0.1, 0.15) is 36.8 Å². The third kappa shape index (κ3) is 5.74. The number of nitrogens with zero attached hydrogens (tertiary/aromatic N) is 3. The van der Waals surface area contributed by atoms with Crippen LogP contribution in [0.2, 0.25) is 0 Å². The van der Waals surface area contributed by atoms with Crippen molar-refractivity contribution >= 4 is 17.5 Å². The van der Waals surface area contributed by atoms with Gasteiger partial charge in [0, 0.05) is 38.1 Å². The van der Waals surface area contributed by atoms with Crippen molar-refractivity contribution in [2.75, 3.05) is 44.7 Å². The number of hydrogen-bond acceptors (Lipinski definition) is 6. The van der Waals surface area contributed by atoms with Gasteiger partial charge in [-0.3, -0.25) is 9.69 Å². The van der Waals surface area contributed by atoms with Crippen LogP contribution in [0.3, 0.4) is 0 Å². The first-order valence-corrected chi connectivity index (χ1v) is 9.71. The fraction of sp³-hybridized carbons (Fsp3) is 0.476. The number of benzene rings is 1. The fourth-order valence-electron chi connectivity index (χ4n) is 2.97.